The molecule has 0 radical (unpaired) electrons. The van der Waals surface area contributed by atoms with E-state index in [2.05, 4.69) is 4.98 Å². The van der Waals surface area contributed by atoms with Gasteiger partial charge in [0.2, 0.25) is 0 Å². The van der Waals surface area contributed by atoms with E-state index in [1.807, 2.05) is 0 Å². The van der Waals surface area contributed by atoms with Crippen LogP contribution in [0, 0.1) is 6.92 Å². The molecule has 1 aromatic heterocycles. The molecule has 0 aromatic carbocycles. The van der Waals surface area contributed by atoms with Crippen LogP contribution in [0.25, 0.3) is 0 Å². The Labute approximate surface area is 72.0 Å². The first-order valence-electron chi connectivity index (χ1n) is 3.15. The van der Waals surface area contributed by atoms with Gasteiger partial charge in [0.25, 0.3) is 0 Å². The second-order valence-corrected chi connectivity index (χ2v) is 3.38. The smallest absolute Gasteiger partial charge is 0.263 e. The average Bonchev–Trinajstić information content (AvgIpc) is 1.82. The Bertz CT molecular complexity index is 272. The van der Waals surface area contributed by atoms with Crippen LogP contribution in [0.1, 0.15) is 5.56 Å². The molecular weight excluding hydrogens is 187 g/mol. The van der Waals surface area contributed by atoms with Gasteiger partial charge in [0.15, 0.2) is 0 Å². The van der Waals surface area contributed by atoms with E-state index in [0.717, 1.165) is 5.56 Å². The summed E-state index contributed by atoms with van der Waals surface area (Å²) in [5.41, 5.74) is -3.50. The van der Waals surface area contributed by atoms with Crippen LogP contribution < -0.4 is 0 Å². The van der Waals surface area contributed by atoms with Crippen LogP contribution in [0.4, 0.5) is 13.2 Å². The van der Waals surface area contributed by atoms with Crippen molar-refractivity contribution in [3.05, 3.63) is 24.0 Å². The molecule has 0 aliphatic rings. The molecule has 1 heterocycles. The lowest BCUT2D eigenvalue weighted by molar-refractivity contribution is -0.0328. The van der Waals surface area contributed by atoms with E-state index in [4.69, 9.17) is 0 Å². The lowest BCUT2D eigenvalue weighted by atomic mass is 10.3. The third kappa shape index (κ3) is 3.13. The molecular formula is C7H6F3NS. The number of aryl methyl sites for hydroxylation is 1. The monoisotopic (exact) mass is 193 g/mol. The Kier molecular flexibility index (Phi) is 2.62. The van der Waals surface area contributed by atoms with E-state index in [1.54, 1.807) is 6.92 Å². The van der Waals surface area contributed by atoms with Crippen LogP contribution in [0.15, 0.2) is 23.4 Å². The zero-order chi connectivity index (χ0) is 9.19. The quantitative estimate of drug-likeness (QED) is 0.636. The van der Waals surface area contributed by atoms with Crippen molar-refractivity contribution in [3.63, 3.8) is 0 Å². The lowest BCUT2D eigenvalue weighted by Gasteiger charge is -2.04. The Morgan fingerprint density at radius 2 is 2.00 bits per heavy atom. The molecule has 1 rings (SSSR count). The lowest BCUT2D eigenvalue weighted by Crippen LogP contribution is -1.99. The van der Waals surface area contributed by atoms with Crippen molar-refractivity contribution in [1.82, 2.24) is 4.98 Å². The summed E-state index contributed by atoms with van der Waals surface area (Å²) in [6.07, 6.45) is 2.71. The second kappa shape index (κ2) is 3.35. The number of alkyl halides is 3. The molecule has 0 bridgehead atoms. The molecule has 0 aliphatic carbocycles. The Balaban J connectivity index is 2.77. The number of rotatable bonds is 1. The number of nitrogens with zero attached hydrogens (tertiary/aromatic N) is 1. The molecule has 12 heavy (non-hydrogen) atoms. The third-order valence-corrected chi connectivity index (χ3v) is 1.77. The average molecular weight is 193 g/mol. The van der Waals surface area contributed by atoms with Gasteiger partial charge in [0.05, 0.1) is 0 Å². The van der Waals surface area contributed by atoms with Crippen LogP contribution in [-0.4, -0.2) is 10.5 Å². The van der Waals surface area contributed by atoms with E-state index in [1.165, 1.54) is 18.5 Å². The maximum atomic E-state index is 11.8. The minimum atomic E-state index is -4.23. The molecule has 5 heteroatoms. The van der Waals surface area contributed by atoms with Crippen molar-refractivity contribution in [3.8, 4) is 0 Å². The largest absolute Gasteiger partial charge is 0.446 e. The van der Waals surface area contributed by atoms with Gasteiger partial charge in [0, 0.05) is 17.3 Å². The maximum Gasteiger partial charge on any atom is 0.446 e. The highest BCUT2D eigenvalue weighted by molar-refractivity contribution is 8.00. The SMILES string of the molecule is Cc1cncc(SC(F)(F)F)c1. The van der Waals surface area contributed by atoms with Gasteiger partial charge in [-0.2, -0.15) is 13.2 Å². The molecule has 0 N–H and O–H groups in total. The molecule has 0 atom stereocenters. The maximum absolute atomic E-state index is 11.8. The van der Waals surface area contributed by atoms with Gasteiger partial charge in [-0.15, -0.1) is 0 Å². The fourth-order valence-corrected chi connectivity index (χ4v) is 1.34. The van der Waals surface area contributed by atoms with E-state index < -0.39 is 5.51 Å². The summed E-state index contributed by atoms with van der Waals surface area (Å²) in [5, 5.41) is 0. The topological polar surface area (TPSA) is 12.9 Å². The van der Waals surface area contributed by atoms with Crippen molar-refractivity contribution in [2.45, 2.75) is 17.3 Å². The van der Waals surface area contributed by atoms with Crippen LogP contribution in [0.5, 0.6) is 0 Å². The molecule has 0 unspecified atom stereocenters. The summed E-state index contributed by atoms with van der Waals surface area (Å²) in [4.78, 5) is 3.77. The Morgan fingerprint density at radius 1 is 1.33 bits per heavy atom. The summed E-state index contributed by atoms with van der Waals surface area (Å²) < 4.78 is 35.4. The van der Waals surface area contributed by atoms with Crippen molar-refractivity contribution >= 4 is 11.8 Å². The molecule has 66 valence electrons. The highest BCUT2D eigenvalue weighted by atomic mass is 32.2. The van der Waals surface area contributed by atoms with Gasteiger partial charge < -0.3 is 0 Å². The number of hydrogen-bond acceptors (Lipinski definition) is 2. The highest BCUT2D eigenvalue weighted by Crippen LogP contribution is 2.36. The van der Waals surface area contributed by atoms with Crippen molar-refractivity contribution in [2.24, 2.45) is 0 Å². The fraction of sp³-hybridized carbons (Fsp3) is 0.286. The zero-order valence-corrected chi connectivity index (χ0v) is 7.04. The van der Waals surface area contributed by atoms with Crippen LogP contribution in [0.2, 0.25) is 0 Å². The van der Waals surface area contributed by atoms with Gasteiger partial charge in [-0.1, -0.05) is 0 Å². The molecule has 0 amide bonds. The zero-order valence-electron chi connectivity index (χ0n) is 6.22. The van der Waals surface area contributed by atoms with Crippen LogP contribution in [0.3, 0.4) is 0 Å². The first-order chi connectivity index (χ1) is 5.47. The summed E-state index contributed by atoms with van der Waals surface area (Å²) in [6, 6.07) is 1.45. The van der Waals surface area contributed by atoms with E-state index in [-0.39, 0.29) is 16.7 Å². The molecule has 0 aliphatic heterocycles. The normalized spacial score (nSPS) is 11.7. The summed E-state index contributed by atoms with van der Waals surface area (Å²) in [6.45, 7) is 1.70. The highest BCUT2D eigenvalue weighted by Gasteiger charge is 2.29. The fourth-order valence-electron chi connectivity index (χ4n) is 0.717. The number of thioether (sulfide) groups is 1. The van der Waals surface area contributed by atoms with E-state index >= 15 is 0 Å². The summed E-state index contributed by atoms with van der Waals surface area (Å²) in [7, 11) is 0. The van der Waals surface area contributed by atoms with Crippen LogP contribution >= 0.6 is 11.8 Å². The molecule has 1 aromatic rings. The minimum Gasteiger partial charge on any atom is -0.263 e. The molecule has 1 nitrogen and oxygen atoms in total. The van der Waals surface area contributed by atoms with Gasteiger partial charge in [-0.05, 0) is 30.3 Å². The van der Waals surface area contributed by atoms with Crippen molar-refractivity contribution in [2.75, 3.05) is 0 Å². The summed E-state index contributed by atoms with van der Waals surface area (Å²) >= 11 is -0.148. The molecule has 0 fully saturated rings. The van der Waals surface area contributed by atoms with E-state index in [9.17, 15) is 13.2 Å². The minimum absolute atomic E-state index is 0.127. The number of aromatic nitrogens is 1. The van der Waals surface area contributed by atoms with Crippen molar-refractivity contribution in [1.29, 1.82) is 0 Å². The van der Waals surface area contributed by atoms with Crippen molar-refractivity contribution < 1.29 is 13.2 Å². The predicted octanol–water partition coefficient (Wildman–Crippen LogP) is 3.00. The predicted molar refractivity (Wildman–Crippen MR) is 40.9 cm³/mol. The molecule has 0 spiro atoms. The number of hydrogen-bond donors (Lipinski definition) is 0. The molecule has 0 saturated heterocycles. The van der Waals surface area contributed by atoms with E-state index in [0.29, 0.717) is 0 Å². The third-order valence-electron chi connectivity index (χ3n) is 1.08. The first-order valence-corrected chi connectivity index (χ1v) is 3.96. The van der Waals surface area contributed by atoms with Gasteiger partial charge in [0.1, 0.15) is 0 Å². The number of pyridine rings is 1. The Hall–Kier alpha value is -0.710. The second-order valence-electron chi connectivity index (χ2n) is 2.25. The van der Waals surface area contributed by atoms with Gasteiger partial charge >= 0.3 is 5.51 Å². The summed E-state index contributed by atoms with van der Waals surface area (Å²) in [5.74, 6) is 0. The Morgan fingerprint density at radius 3 is 2.50 bits per heavy atom. The standard InChI is InChI=1S/C7H6F3NS/c1-5-2-6(4-11-3-5)12-7(8,9)10/h2-4H,1H3. The van der Waals surface area contributed by atoms with Gasteiger partial charge in [-0.3, -0.25) is 4.98 Å². The first kappa shape index (κ1) is 9.38. The van der Waals surface area contributed by atoms with Crippen LogP contribution in [-0.2, 0) is 0 Å². The van der Waals surface area contributed by atoms with Gasteiger partial charge in [-0.25, -0.2) is 0 Å². The molecule has 0 saturated carbocycles. The number of halogens is 3.